The van der Waals surface area contributed by atoms with Crippen LogP contribution < -0.4 is 0 Å². The summed E-state index contributed by atoms with van der Waals surface area (Å²) in [5.74, 6) is 0.677. The molecule has 1 atom stereocenters. The second kappa shape index (κ2) is 7.33. The summed E-state index contributed by atoms with van der Waals surface area (Å²) in [6.07, 6.45) is 6.37. The molecule has 0 aromatic heterocycles. The fourth-order valence-corrected chi connectivity index (χ4v) is 1.23. The topological polar surface area (TPSA) is 0 Å². The van der Waals surface area contributed by atoms with Crippen molar-refractivity contribution in [3.05, 3.63) is 11.6 Å². The SMILES string of the molecule is CC(C)=CCCC(C)CCCF. The van der Waals surface area contributed by atoms with Crippen molar-refractivity contribution in [3.63, 3.8) is 0 Å². The van der Waals surface area contributed by atoms with Crippen LogP contribution in [0, 0.1) is 5.92 Å². The highest BCUT2D eigenvalue weighted by molar-refractivity contribution is 4.92. The van der Waals surface area contributed by atoms with E-state index in [1.54, 1.807) is 0 Å². The molecule has 0 saturated heterocycles. The second-order valence-electron chi connectivity index (χ2n) is 3.80. The van der Waals surface area contributed by atoms with Gasteiger partial charge in [0.15, 0.2) is 0 Å². The predicted molar refractivity (Wildman–Crippen MR) is 53.0 cm³/mol. The molecule has 1 unspecified atom stereocenters. The van der Waals surface area contributed by atoms with Gasteiger partial charge in [0.05, 0.1) is 6.67 Å². The summed E-state index contributed by atoms with van der Waals surface area (Å²) in [6.45, 7) is 6.28. The van der Waals surface area contributed by atoms with E-state index in [1.165, 1.54) is 12.0 Å². The fourth-order valence-electron chi connectivity index (χ4n) is 1.23. The lowest BCUT2D eigenvalue weighted by Crippen LogP contribution is -1.94. The van der Waals surface area contributed by atoms with E-state index in [1.807, 2.05) is 0 Å². The van der Waals surface area contributed by atoms with Gasteiger partial charge in [0.25, 0.3) is 0 Å². The Morgan fingerprint density at radius 2 is 2.00 bits per heavy atom. The maximum Gasteiger partial charge on any atom is 0.0894 e. The molecule has 0 aliphatic carbocycles. The summed E-state index contributed by atoms with van der Waals surface area (Å²) >= 11 is 0. The lowest BCUT2D eigenvalue weighted by atomic mass is 10.00. The fraction of sp³-hybridized carbons (Fsp3) is 0.818. The van der Waals surface area contributed by atoms with Crippen LogP contribution in [0.1, 0.15) is 46.5 Å². The highest BCUT2D eigenvalue weighted by Gasteiger charge is 1.99. The maximum atomic E-state index is 11.8. The number of alkyl halides is 1. The smallest absolute Gasteiger partial charge is 0.0894 e. The molecule has 0 heterocycles. The Hall–Kier alpha value is -0.330. The van der Waals surface area contributed by atoms with Crippen molar-refractivity contribution >= 4 is 0 Å². The van der Waals surface area contributed by atoms with Gasteiger partial charge in [-0.1, -0.05) is 18.6 Å². The number of hydrogen-bond acceptors (Lipinski definition) is 0. The Labute approximate surface area is 75.9 Å². The number of halogens is 1. The lowest BCUT2D eigenvalue weighted by Gasteiger charge is -2.07. The third-order valence-corrected chi connectivity index (χ3v) is 2.04. The average Bonchev–Trinajstić information content (AvgIpc) is 2.00. The first kappa shape index (κ1) is 11.7. The zero-order valence-electron chi connectivity index (χ0n) is 8.57. The molecule has 0 rings (SSSR count). The maximum absolute atomic E-state index is 11.8. The average molecular weight is 172 g/mol. The van der Waals surface area contributed by atoms with Crippen LogP contribution in [-0.4, -0.2) is 6.67 Å². The molecule has 0 radical (unpaired) electrons. The van der Waals surface area contributed by atoms with Crippen LogP contribution in [0.25, 0.3) is 0 Å². The van der Waals surface area contributed by atoms with Gasteiger partial charge in [-0.15, -0.1) is 0 Å². The first-order valence-corrected chi connectivity index (χ1v) is 4.86. The third kappa shape index (κ3) is 7.77. The van der Waals surface area contributed by atoms with Gasteiger partial charge in [-0.05, 0) is 45.4 Å². The number of allylic oxidation sites excluding steroid dienone is 2. The largest absolute Gasteiger partial charge is 0.251 e. The van der Waals surface area contributed by atoms with Crippen molar-refractivity contribution in [2.45, 2.75) is 46.5 Å². The molecule has 1 heteroatoms. The third-order valence-electron chi connectivity index (χ3n) is 2.04. The summed E-state index contributed by atoms with van der Waals surface area (Å²) < 4.78 is 11.8. The lowest BCUT2D eigenvalue weighted by molar-refractivity contribution is 0.406. The van der Waals surface area contributed by atoms with Crippen molar-refractivity contribution in [3.8, 4) is 0 Å². The molecule has 0 aliphatic heterocycles. The zero-order valence-corrected chi connectivity index (χ0v) is 8.57. The van der Waals surface area contributed by atoms with Crippen LogP contribution >= 0.6 is 0 Å². The van der Waals surface area contributed by atoms with Crippen LogP contribution in [0.4, 0.5) is 4.39 Å². The molecule has 0 aromatic rings. The first-order chi connectivity index (χ1) is 5.66. The summed E-state index contributed by atoms with van der Waals surface area (Å²) in [6, 6.07) is 0. The van der Waals surface area contributed by atoms with Gasteiger partial charge in [0.1, 0.15) is 0 Å². The molecule has 72 valence electrons. The van der Waals surface area contributed by atoms with Crippen LogP contribution in [0.3, 0.4) is 0 Å². The molecule has 0 N–H and O–H groups in total. The summed E-state index contributed by atoms with van der Waals surface area (Å²) in [4.78, 5) is 0. The number of hydrogen-bond donors (Lipinski definition) is 0. The number of rotatable bonds is 6. The molecule has 0 bridgehead atoms. The molecular formula is C11H21F. The van der Waals surface area contributed by atoms with E-state index in [9.17, 15) is 4.39 Å². The van der Waals surface area contributed by atoms with Crippen molar-refractivity contribution in [1.82, 2.24) is 0 Å². The van der Waals surface area contributed by atoms with Crippen molar-refractivity contribution in [2.24, 2.45) is 5.92 Å². The van der Waals surface area contributed by atoms with Crippen LogP contribution in [0.5, 0.6) is 0 Å². The Bertz CT molecular complexity index is 123. The molecule has 0 fully saturated rings. The molecule has 12 heavy (non-hydrogen) atoms. The predicted octanol–water partition coefficient (Wildman–Crippen LogP) is 4.12. The van der Waals surface area contributed by atoms with E-state index < -0.39 is 0 Å². The Morgan fingerprint density at radius 3 is 2.50 bits per heavy atom. The zero-order chi connectivity index (χ0) is 9.40. The minimum Gasteiger partial charge on any atom is -0.251 e. The van der Waals surface area contributed by atoms with Gasteiger partial charge in [-0.25, -0.2) is 0 Å². The van der Waals surface area contributed by atoms with Crippen molar-refractivity contribution < 1.29 is 4.39 Å². The van der Waals surface area contributed by atoms with E-state index >= 15 is 0 Å². The van der Waals surface area contributed by atoms with E-state index in [0.29, 0.717) is 5.92 Å². The summed E-state index contributed by atoms with van der Waals surface area (Å²) in [7, 11) is 0. The Kier molecular flexibility index (Phi) is 7.12. The minimum atomic E-state index is -0.160. The standard InChI is InChI=1S/C11H21F/c1-10(2)6-4-7-11(3)8-5-9-12/h6,11H,4-5,7-9H2,1-3H3. The molecule has 0 spiro atoms. The molecular weight excluding hydrogens is 151 g/mol. The molecule has 0 aliphatic rings. The summed E-state index contributed by atoms with van der Waals surface area (Å²) in [5, 5.41) is 0. The van der Waals surface area contributed by atoms with Gasteiger partial charge in [0.2, 0.25) is 0 Å². The normalized spacial score (nSPS) is 12.7. The highest BCUT2D eigenvalue weighted by Crippen LogP contribution is 2.13. The van der Waals surface area contributed by atoms with Gasteiger partial charge in [-0.2, -0.15) is 0 Å². The Morgan fingerprint density at radius 1 is 1.33 bits per heavy atom. The first-order valence-electron chi connectivity index (χ1n) is 4.86. The monoisotopic (exact) mass is 172 g/mol. The molecule has 0 aromatic carbocycles. The van der Waals surface area contributed by atoms with E-state index in [0.717, 1.165) is 19.3 Å². The van der Waals surface area contributed by atoms with Gasteiger partial charge < -0.3 is 0 Å². The van der Waals surface area contributed by atoms with E-state index in [4.69, 9.17) is 0 Å². The van der Waals surface area contributed by atoms with Gasteiger partial charge >= 0.3 is 0 Å². The van der Waals surface area contributed by atoms with Gasteiger partial charge in [0, 0.05) is 0 Å². The van der Waals surface area contributed by atoms with Crippen LogP contribution in [0.2, 0.25) is 0 Å². The van der Waals surface area contributed by atoms with Crippen molar-refractivity contribution in [1.29, 1.82) is 0 Å². The minimum absolute atomic E-state index is 0.160. The van der Waals surface area contributed by atoms with Crippen LogP contribution in [0.15, 0.2) is 11.6 Å². The Balaban J connectivity index is 3.31. The van der Waals surface area contributed by atoms with Crippen molar-refractivity contribution in [2.75, 3.05) is 6.67 Å². The second-order valence-corrected chi connectivity index (χ2v) is 3.80. The quantitative estimate of drug-likeness (QED) is 0.529. The highest BCUT2D eigenvalue weighted by atomic mass is 19.1. The molecule has 0 nitrogen and oxygen atoms in total. The summed E-state index contributed by atoms with van der Waals surface area (Å²) in [5.41, 5.74) is 1.38. The van der Waals surface area contributed by atoms with Gasteiger partial charge in [-0.3, -0.25) is 4.39 Å². The molecule has 0 amide bonds. The molecule has 0 saturated carbocycles. The van der Waals surface area contributed by atoms with Crippen LogP contribution in [-0.2, 0) is 0 Å². The van der Waals surface area contributed by atoms with E-state index in [2.05, 4.69) is 26.8 Å². The van der Waals surface area contributed by atoms with E-state index in [-0.39, 0.29) is 6.67 Å².